The molecule has 1 fully saturated rings. The third kappa shape index (κ3) is 4.12. The number of carbonyl (C=O) groups excluding carboxylic acids is 1. The van der Waals surface area contributed by atoms with E-state index in [0.29, 0.717) is 5.92 Å². The minimum absolute atomic E-state index is 0.175. The van der Waals surface area contributed by atoms with Crippen molar-refractivity contribution in [3.05, 3.63) is 30.2 Å². The van der Waals surface area contributed by atoms with Crippen LogP contribution in [0.4, 0.5) is 4.79 Å². The molecule has 1 heterocycles. The number of likely N-dealkylation sites (tertiary alicyclic amines) is 1. The van der Waals surface area contributed by atoms with Crippen LogP contribution >= 0.6 is 0 Å². The molecule has 1 radical (unpaired) electrons. The minimum Gasteiger partial charge on any atom is -0.444 e. The number of amides is 1. The first-order chi connectivity index (χ1) is 8.96. The Morgan fingerprint density at radius 3 is 2.53 bits per heavy atom. The lowest BCUT2D eigenvalue weighted by Crippen LogP contribution is -2.41. The van der Waals surface area contributed by atoms with E-state index in [9.17, 15) is 4.79 Å². The van der Waals surface area contributed by atoms with Gasteiger partial charge < -0.3 is 9.64 Å². The second-order valence-electron chi connectivity index (χ2n) is 6.28. The summed E-state index contributed by atoms with van der Waals surface area (Å²) in [5.41, 5.74) is 1.01. The zero-order valence-electron chi connectivity index (χ0n) is 12.2. The van der Waals surface area contributed by atoms with Crippen molar-refractivity contribution in [3.63, 3.8) is 0 Å². The molecule has 2 rings (SSSR count). The summed E-state index contributed by atoms with van der Waals surface area (Å²) in [6, 6.07) is 0. The molecular weight excluding hydrogens is 238 g/mol. The third-order valence-electron chi connectivity index (χ3n) is 3.51. The highest BCUT2D eigenvalue weighted by atomic mass is 16.6. The maximum absolute atomic E-state index is 12.0. The monoisotopic (exact) mass is 262 g/mol. The SMILES string of the molecule is CC(C)(C)OC(=O)N1CCC(C2=C[CH]CC=C2)CC1. The Morgan fingerprint density at radius 1 is 1.32 bits per heavy atom. The van der Waals surface area contributed by atoms with E-state index in [1.54, 1.807) is 0 Å². The van der Waals surface area contributed by atoms with Crippen molar-refractivity contribution in [1.29, 1.82) is 0 Å². The van der Waals surface area contributed by atoms with Crippen LogP contribution in [-0.4, -0.2) is 29.7 Å². The number of hydrogen-bond acceptors (Lipinski definition) is 2. The number of piperidine rings is 1. The molecule has 0 aromatic heterocycles. The number of allylic oxidation sites excluding steroid dienone is 4. The van der Waals surface area contributed by atoms with Crippen LogP contribution in [0.25, 0.3) is 0 Å². The summed E-state index contributed by atoms with van der Waals surface area (Å²) in [7, 11) is 0. The largest absolute Gasteiger partial charge is 0.444 e. The molecule has 1 amide bonds. The van der Waals surface area contributed by atoms with E-state index in [2.05, 4.69) is 24.6 Å². The highest BCUT2D eigenvalue weighted by Gasteiger charge is 2.27. The van der Waals surface area contributed by atoms with Crippen molar-refractivity contribution < 1.29 is 9.53 Å². The van der Waals surface area contributed by atoms with Crippen molar-refractivity contribution >= 4 is 6.09 Å². The molecule has 3 nitrogen and oxygen atoms in total. The number of rotatable bonds is 1. The average Bonchev–Trinajstić information content (AvgIpc) is 2.38. The summed E-state index contributed by atoms with van der Waals surface area (Å²) in [4.78, 5) is 13.8. The summed E-state index contributed by atoms with van der Waals surface area (Å²) < 4.78 is 5.41. The van der Waals surface area contributed by atoms with Gasteiger partial charge in [-0.3, -0.25) is 0 Å². The minimum atomic E-state index is -0.405. The fourth-order valence-corrected chi connectivity index (χ4v) is 2.54. The van der Waals surface area contributed by atoms with Crippen LogP contribution in [0.1, 0.15) is 40.0 Å². The second kappa shape index (κ2) is 5.81. The van der Waals surface area contributed by atoms with E-state index in [1.807, 2.05) is 25.7 Å². The molecule has 0 bridgehead atoms. The molecular formula is C16H24NO2. The van der Waals surface area contributed by atoms with Gasteiger partial charge in [0.1, 0.15) is 5.60 Å². The Morgan fingerprint density at radius 2 is 2.00 bits per heavy atom. The van der Waals surface area contributed by atoms with Gasteiger partial charge in [-0.05, 0) is 57.9 Å². The van der Waals surface area contributed by atoms with Gasteiger partial charge in [0.2, 0.25) is 0 Å². The Bertz CT molecular complexity index is 382. The zero-order valence-corrected chi connectivity index (χ0v) is 12.2. The second-order valence-corrected chi connectivity index (χ2v) is 6.28. The van der Waals surface area contributed by atoms with E-state index >= 15 is 0 Å². The number of hydrogen-bond donors (Lipinski definition) is 0. The van der Waals surface area contributed by atoms with Crippen LogP contribution in [0.2, 0.25) is 0 Å². The van der Waals surface area contributed by atoms with Crippen molar-refractivity contribution in [1.82, 2.24) is 4.90 Å². The maximum atomic E-state index is 12.0. The quantitative estimate of drug-likeness (QED) is 0.720. The predicted molar refractivity (Wildman–Crippen MR) is 76.7 cm³/mol. The molecule has 0 atom stereocenters. The summed E-state index contributed by atoms with van der Waals surface area (Å²) in [5.74, 6) is 0.589. The predicted octanol–water partition coefficient (Wildman–Crippen LogP) is 3.72. The smallest absolute Gasteiger partial charge is 0.410 e. The molecule has 0 aromatic rings. The van der Waals surface area contributed by atoms with Crippen LogP contribution in [-0.2, 0) is 4.74 Å². The first-order valence-electron chi connectivity index (χ1n) is 7.13. The highest BCUT2D eigenvalue weighted by Crippen LogP contribution is 2.28. The topological polar surface area (TPSA) is 29.5 Å². The Kier molecular flexibility index (Phi) is 4.33. The zero-order chi connectivity index (χ0) is 13.9. The van der Waals surface area contributed by atoms with Gasteiger partial charge in [-0.1, -0.05) is 18.2 Å². The van der Waals surface area contributed by atoms with Crippen LogP contribution in [0.15, 0.2) is 23.8 Å². The molecule has 3 heteroatoms. The van der Waals surface area contributed by atoms with Gasteiger partial charge in [-0.15, -0.1) is 0 Å². The van der Waals surface area contributed by atoms with Gasteiger partial charge in [0.15, 0.2) is 0 Å². The Labute approximate surface area is 116 Å². The van der Waals surface area contributed by atoms with E-state index in [-0.39, 0.29) is 6.09 Å². The Balaban J connectivity index is 1.84. The number of nitrogens with zero attached hydrogens (tertiary/aromatic N) is 1. The molecule has 0 N–H and O–H groups in total. The van der Waals surface area contributed by atoms with E-state index < -0.39 is 5.60 Å². The van der Waals surface area contributed by atoms with Gasteiger partial charge >= 0.3 is 6.09 Å². The van der Waals surface area contributed by atoms with Crippen molar-refractivity contribution in [2.75, 3.05) is 13.1 Å². The lowest BCUT2D eigenvalue weighted by molar-refractivity contribution is 0.0195. The molecule has 105 valence electrons. The van der Waals surface area contributed by atoms with Gasteiger partial charge in [-0.25, -0.2) is 4.79 Å². The first kappa shape index (κ1) is 14.2. The number of carbonyl (C=O) groups is 1. The lowest BCUT2D eigenvalue weighted by atomic mass is 9.86. The third-order valence-corrected chi connectivity index (χ3v) is 3.51. The Hall–Kier alpha value is -1.25. The fourth-order valence-electron chi connectivity index (χ4n) is 2.54. The molecule has 0 aromatic carbocycles. The molecule has 0 unspecified atom stereocenters. The fraction of sp³-hybridized carbons (Fsp3) is 0.625. The molecule has 1 saturated heterocycles. The summed E-state index contributed by atoms with van der Waals surface area (Å²) >= 11 is 0. The van der Waals surface area contributed by atoms with Crippen molar-refractivity contribution in [2.24, 2.45) is 5.92 Å². The van der Waals surface area contributed by atoms with Crippen LogP contribution in [0, 0.1) is 12.3 Å². The van der Waals surface area contributed by atoms with Crippen LogP contribution in [0.5, 0.6) is 0 Å². The van der Waals surface area contributed by atoms with Crippen molar-refractivity contribution in [2.45, 2.75) is 45.6 Å². The van der Waals surface area contributed by atoms with Gasteiger partial charge in [0.25, 0.3) is 0 Å². The van der Waals surface area contributed by atoms with Gasteiger partial charge in [-0.2, -0.15) is 0 Å². The lowest BCUT2D eigenvalue weighted by Gasteiger charge is -2.34. The molecule has 0 spiro atoms. The summed E-state index contributed by atoms with van der Waals surface area (Å²) in [6.07, 6.45) is 11.8. The molecule has 0 saturated carbocycles. The van der Waals surface area contributed by atoms with E-state index in [0.717, 1.165) is 32.4 Å². The molecule has 1 aliphatic carbocycles. The maximum Gasteiger partial charge on any atom is 0.410 e. The van der Waals surface area contributed by atoms with Gasteiger partial charge in [0.05, 0.1) is 0 Å². The van der Waals surface area contributed by atoms with Crippen molar-refractivity contribution in [3.8, 4) is 0 Å². The van der Waals surface area contributed by atoms with Crippen LogP contribution < -0.4 is 0 Å². The van der Waals surface area contributed by atoms with E-state index in [1.165, 1.54) is 5.57 Å². The standard InChI is InChI=1S/C16H24NO2/c1-16(2,3)19-15(18)17-11-9-14(10-12-17)13-7-5-4-6-8-13/h5-8,14H,4,9-12H2,1-3H3. The summed E-state index contributed by atoms with van der Waals surface area (Å²) in [6.45, 7) is 7.32. The molecule has 2 aliphatic rings. The van der Waals surface area contributed by atoms with Crippen LogP contribution in [0.3, 0.4) is 0 Å². The molecule has 19 heavy (non-hydrogen) atoms. The van der Waals surface area contributed by atoms with E-state index in [4.69, 9.17) is 4.74 Å². The summed E-state index contributed by atoms with van der Waals surface area (Å²) in [5, 5.41) is 0. The first-order valence-corrected chi connectivity index (χ1v) is 7.13. The number of ether oxygens (including phenoxy) is 1. The average molecular weight is 262 g/mol. The normalized spacial score (nSPS) is 21.2. The van der Waals surface area contributed by atoms with Gasteiger partial charge in [0, 0.05) is 13.1 Å². The highest BCUT2D eigenvalue weighted by molar-refractivity contribution is 5.68. The molecule has 1 aliphatic heterocycles.